The van der Waals surface area contributed by atoms with E-state index < -0.39 is 0 Å². The van der Waals surface area contributed by atoms with Crippen LogP contribution in [-0.2, 0) is 11.2 Å². The maximum absolute atomic E-state index is 12.9. The quantitative estimate of drug-likeness (QED) is 0.808. The Morgan fingerprint density at radius 2 is 1.75 bits per heavy atom. The van der Waals surface area contributed by atoms with Gasteiger partial charge in [-0.05, 0) is 42.9 Å². The van der Waals surface area contributed by atoms with E-state index in [-0.39, 0.29) is 17.1 Å². The topological polar surface area (TPSA) is 20.3 Å². The number of nitrogens with zero attached hydrogens (tertiary/aromatic N) is 1. The Bertz CT molecular complexity index is 453. The highest BCUT2D eigenvalue weighted by molar-refractivity contribution is 5.81. The molecule has 2 rings (SSSR count). The molecule has 0 unspecified atom stereocenters. The van der Waals surface area contributed by atoms with E-state index in [1.165, 1.54) is 17.7 Å². The van der Waals surface area contributed by atoms with Crippen molar-refractivity contribution in [3.05, 3.63) is 35.6 Å². The molecule has 0 N–H and O–H groups in total. The van der Waals surface area contributed by atoms with Crippen molar-refractivity contribution >= 4 is 5.91 Å². The molecule has 0 saturated carbocycles. The standard InChI is InChI=1S/C17H24FNO/c1-17(2,3)16(20)19-10-8-14(9-11-19)12-13-4-6-15(18)7-5-13/h4-7,14H,8-12H2,1-3H3. The van der Waals surface area contributed by atoms with Crippen molar-refractivity contribution in [1.82, 2.24) is 4.90 Å². The first kappa shape index (κ1) is 15.0. The van der Waals surface area contributed by atoms with E-state index in [0.29, 0.717) is 5.92 Å². The zero-order valence-electron chi connectivity index (χ0n) is 12.7. The van der Waals surface area contributed by atoms with Crippen LogP contribution in [-0.4, -0.2) is 23.9 Å². The number of likely N-dealkylation sites (tertiary alicyclic amines) is 1. The van der Waals surface area contributed by atoms with Gasteiger partial charge in [-0.25, -0.2) is 4.39 Å². The first-order chi connectivity index (χ1) is 9.36. The predicted octanol–water partition coefficient (Wildman–Crippen LogP) is 3.65. The van der Waals surface area contributed by atoms with E-state index in [1.807, 2.05) is 37.8 Å². The number of carbonyl (C=O) groups excluding carboxylic acids is 1. The van der Waals surface area contributed by atoms with Gasteiger partial charge in [0.2, 0.25) is 5.91 Å². The molecule has 110 valence electrons. The number of amides is 1. The minimum Gasteiger partial charge on any atom is -0.342 e. The zero-order valence-corrected chi connectivity index (χ0v) is 12.7. The monoisotopic (exact) mass is 277 g/mol. The van der Waals surface area contributed by atoms with Gasteiger partial charge in [0.15, 0.2) is 0 Å². The Labute approximate surface area is 121 Å². The molecule has 1 aliphatic heterocycles. The molecule has 2 nitrogen and oxygen atoms in total. The van der Waals surface area contributed by atoms with Gasteiger partial charge in [0.1, 0.15) is 5.82 Å². The Balaban J connectivity index is 1.85. The first-order valence-electron chi connectivity index (χ1n) is 7.40. The highest BCUT2D eigenvalue weighted by Gasteiger charge is 2.30. The van der Waals surface area contributed by atoms with E-state index >= 15 is 0 Å². The Morgan fingerprint density at radius 3 is 2.25 bits per heavy atom. The van der Waals surface area contributed by atoms with Crippen molar-refractivity contribution < 1.29 is 9.18 Å². The van der Waals surface area contributed by atoms with Crippen molar-refractivity contribution in [3.63, 3.8) is 0 Å². The van der Waals surface area contributed by atoms with Gasteiger partial charge in [0.25, 0.3) is 0 Å². The summed E-state index contributed by atoms with van der Waals surface area (Å²) in [7, 11) is 0. The highest BCUT2D eigenvalue weighted by Crippen LogP contribution is 2.25. The number of hydrogen-bond acceptors (Lipinski definition) is 1. The van der Waals surface area contributed by atoms with E-state index in [2.05, 4.69) is 0 Å². The fraction of sp³-hybridized carbons (Fsp3) is 0.588. The van der Waals surface area contributed by atoms with Crippen molar-refractivity contribution in [1.29, 1.82) is 0 Å². The molecule has 1 aromatic rings. The van der Waals surface area contributed by atoms with Gasteiger partial charge in [-0.3, -0.25) is 4.79 Å². The summed E-state index contributed by atoms with van der Waals surface area (Å²) in [4.78, 5) is 14.2. The molecular weight excluding hydrogens is 253 g/mol. The molecule has 3 heteroatoms. The zero-order chi connectivity index (χ0) is 14.8. The third-order valence-corrected chi connectivity index (χ3v) is 3.98. The van der Waals surface area contributed by atoms with Crippen LogP contribution in [0.4, 0.5) is 4.39 Å². The van der Waals surface area contributed by atoms with Gasteiger partial charge in [0, 0.05) is 18.5 Å². The molecule has 1 amide bonds. The maximum atomic E-state index is 12.9. The number of piperidine rings is 1. The van der Waals surface area contributed by atoms with Crippen molar-refractivity contribution in [2.24, 2.45) is 11.3 Å². The maximum Gasteiger partial charge on any atom is 0.227 e. The smallest absolute Gasteiger partial charge is 0.227 e. The molecule has 0 aliphatic carbocycles. The van der Waals surface area contributed by atoms with Crippen LogP contribution in [0.5, 0.6) is 0 Å². The van der Waals surface area contributed by atoms with Gasteiger partial charge in [-0.1, -0.05) is 32.9 Å². The van der Waals surface area contributed by atoms with Gasteiger partial charge in [-0.15, -0.1) is 0 Å². The summed E-state index contributed by atoms with van der Waals surface area (Å²) in [6.45, 7) is 7.61. The highest BCUT2D eigenvalue weighted by atomic mass is 19.1. The van der Waals surface area contributed by atoms with E-state index in [1.54, 1.807) is 0 Å². The number of rotatable bonds is 2. The summed E-state index contributed by atoms with van der Waals surface area (Å²) in [6, 6.07) is 6.77. The SMILES string of the molecule is CC(C)(C)C(=O)N1CCC(Cc2ccc(F)cc2)CC1. The summed E-state index contributed by atoms with van der Waals surface area (Å²) in [5, 5.41) is 0. The van der Waals surface area contributed by atoms with Crippen LogP contribution in [0.1, 0.15) is 39.2 Å². The lowest BCUT2D eigenvalue weighted by Crippen LogP contribution is -2.44. The first-order valence-corrected chi connectivity index (χ1v) is 7.40. The van der Waals surface area contributed by atoms with Gasteiger partial charge in [-0.2, -0.15) is 0 Å². The molecule has 0 bridgehead atoms. The Hall–Kier alpha value is -1.38. The average molecular weight is 277 g/mol. The summed E-state index contributed by atoms with van der Waals surface area (Å²) in [5.41, 5.74) is 0.899. The number of benzene rings is 1. The van der Waals surface area contributed by atoms with E-state index in [9.17, 15) is 9.18 Å². The van der Waals surface area contributed by atoms with Gasteiger partial charge < -0.3 is 4.90 Å². The van der Waals surface area contributed by atoms with Crippen LogP contribution < -0.4 is 0 Å². The molecule has 0 radical (unpaired) electrons. The third-order valence-electron chi connectivity index (χ3n) is 3.98. The van der Waals surface area contributed by atoms with E-state index in [0.717, 1.165) is 32.4 Å². The second kappa shape index (κ2) is 5.94. The summed E-state index contributed by atoms with van der Waals surface area (Å²) < 4.78 is 12.9. The molecule has 1 aromatic carbocycles. The Kier molecular flexibility index (Phi) is 4.46. The number of halogens is 1. The average Bonchev–Trinajstić information content (AvgIpc) is 2.40. The molecule has 0 aromatic heterocycles. The normalized spacial score (nSPS) is 17.3. The second-order valence-corrected chi connectivity index (χ2v) is 6.82. The van der Waals surface area contributed by atoms with Crippen LogP contribution in [0.3, 0.4) is 0 Å². The predicted molar refractivity (Wildman–Crippen MR) is 78.9 cm³/mol. The molecule has 0 atom stereocenters. The van der Waals surface area contributed by atoms with Crippen LogP contribution in [0, 0.1) is 17.2 Å². The third kappa shape index (κ3) is 3.81. The van der Waals surface area contributed by atoms with Gasteiger partial charge in [0.05, 0.1) is 0 Å². The molecule has 0 spiro atoms. The van der Waals surface area contributed by atoms with Crippen molar-refractivity contribution in [2.45, 2.75) is 40.0 Å². The lowest BCUT2D eigenvalue weighted by molar-refractivity contribution is -0.140. The second-order valence-electron chi connectivity index (χ2n) is 6.82. The van der Waals surface area contributed by atoms with Crippen LogP contribution in [0.25, 0.3) is 0 Å². The van der Waals surface area contributed by atoms with Crippen LogP contribution >= 0.6 is 0 Å². The largest absolute Gasteiger partial charge is 0.342 e. The molecule has 1 heterocycles. The lowest BCUT2D eigenvalue weighted by atomic mass is 9.88. The minimum atomic E-state index is -0.288. The van der Waals surface area contributed by atoms with Crippen LogP contribution in [0.2, 0.25) is 0 Å². The molecule has 1 fully saturated rings. The Morgan fingerprint density at radius 1 is 1.20 bits per heavy atom. The van der Waals surface area contributed by atoms with Crippen LogP contribution in [0.15, 0.2) is 24.3 Å². The fourth-order valence-electron chi connectivity index (χ4n) is 2.77. The summed E-state index contributed by atoms with van der Waals surface area (Å²) >= 11 is 0. The van der Waals surface area contributed by atoms with Crippen molar-refractivity contribution in [3.8, 4) is 0 Å². The molecule has 20 heavy (non-hydrogen) atoms. The fourth-order valence-corrected chi connectivity index (χ4v) is 2.77. The molecule has 1 aliphatic rings. The molecular formula is C17H24FNO. The van der Waals surface area contributed by atoms with Crippen molar-refractivity contribution in [2.75, 3.05) is 13.1 Å². The summed E-state index contributed by atoms with van der Waals surface area (Å²) in [5.74, 6) is 0.668. The summed E-state index contributed by atoms with van der Waals surface area (Å²) in [6.07, 6.45) is 3.07. The molecule has 1 saturated heterocycles. The minimum absolute atomic E-state index is 0.181. The van der Waals surface area contributed by atoms with E-state index in [4.69, 9.17) is 0 Å². The number of hydrogen-bond donors (Lipinski definition) is 0. The lowest BCUT2D eigenvalue weighted by Gasteiger charge is -2.35. The number of carbonyl (C=O) groups is 1. The van der Waals surface area contributed by atoms with Gasteiger partial charge >= 0.3 is 0 Å².